The number of hydrogen-bond acceptors (Lipinski definition) is 7. The molecule has 0 amide bonds. The topological polar surface area (TPSA) is 83.1 Å². The molecular weight excluding hydrogens is 422 g/mol. The minimum atomic E-state index is -0.631. The van der Waals surface area contributed by atoms with Crippen LogP contribution < -0.4 is 19.5 Å². The van der Waals surface area contributed by atoms with E-state index in [4.69, 9.17) is 18.9 Å². The van der Waals surface area contributed by atoms with E-state index < -0.39 is 11.9 Å². The number of carbonyl (C=O) groups is 2. The number of methoxy groups -OCH3 is 3. The number of esters is 1. The number of ketones is 1. The molecule has 2 aliphatic rings. The molecule has 7 nitrogen and oxygen atoms in total. The van der Waals surface area contributed by atoms with Gasteiger partial charge in [-0.25, -0.2) is 4.79 Å². The highest BCUT2D eigenvalue weighted by molar-refractivity contribution is 6.04. The van der Waals surface area contributed by atoms with Crippen LogP contribution in [-0.4, -0.2) is 39.7 Å². The third-order valence-corrected chi connectivity index (χ3v) is 6.24. The van der Waals surface area contributed by atoms with E-state index in [1.54, 1.807) is 20.3 Å². The maximum Gasteiger partial charge on any atom is 0.336 e. The lowest BCUT2D eigenvalue weighted by molar-refractivity contribution is -0.139. The van der Waals surface area contributed by atoms with Crippen LogP contribution in [0.4, 0.5) is 0 Å². The molecule has 0 spiro atoms. The summed E-state index contributed by atoms with van der Waals surface area (Å²) >= 11 is 0. The monoisotopic (exact) mass is 457 g/mol. The van der Waals surface area contributed by atoms with Crippen LogP contribution in [0.15, 0.2) is 34.7 Å². The summed E-state index contributed by atoms with van der Waals surface area (Å²) in [5, 5.41) is 3.35. The molecule has 7 heteroatoms. The minimum Gasteiger partial charge on any atom is -0.493 e. The van der Waals surface area contributed by atoms with Gasteiger partial charge in [0.05, 0.1) is 39.4 Å². The SMILES string of the molecule is CCCCOC(=O)C1=C(C)NC2=C(C(=O)CC(C)(C)C2)[C@@H]1c1ccc(OC)c(OC)c1OC. The zero-order valence-corrected chi connectivity index (χ0v) is 20.7. The van der Waals surface area contributed by atoms with Crippen molar-refractivity contribution in [3.63, 3.8) is 0 Å². The molecule has 0 unspecified atom stereocenters. The predicted molar refractivity (Wildman–Crippen MR) is 126 cm³/mol. The Bertz CT molecular complexity index is 1000. The van der Waals surface area contributed by atoms with E-state index in [-0.39, 0.29) is 11.2 Å². The molecule has 0 fully saturated rings. The average Bonchev–Trinajstić information content (AvgIpc) is 2.76. The van der Waals surface area contributed by atoms with Crippen molar-refractivity contribution in [2.75, 3.05) is 27.9 Å². The highest BCUT2D eigenvalue weighted by Crippen LogP contribution is 2.51. The van der Waals surface area contributed by atoms with E-state index in [1.807, 2.05) is 19.9 Å². The quantitative estimate of drug-likeness (QED) is 0.449. The lowest BCUT2D eigenvalue weighted by Gasteiger charge is -2.39. The summed E-state index contributed by atoms with van der Waals surface area (Å²) in [5.74, 6) is 0.304. The van der Waals surface area contributed by atoms with E-state index in [2.05, 4.69) is 19.2 Å². The predicted octanol–water partition coefficient (Wildman–Crippen LogP) is 4.66. The minimum absolute atomic E-state index is 0.0157. The Hall–Kier alpha value is -2.96. The number of allylic oxidation sites excluding steroid dienone is 3. The Labute approximate surface area is 196 Å². The molecule has 3 rings (SSSR count). The molecule has 180 valence electrons. The third kappa shape index (κ3) is 4.72. The highest BCUT2D eigenvalue weighted by atomic mass is 16.5. The second-order valence-corrected chi connectivity index (χ2v) is 9.34. The molecule has 1 aliphatic heterocycles. The van der Waals surface area contributed by atoms with Crippen molar-refractivity contribution in [1.82, 2.24) is 5.32 Å². The van der Waals surface area contributed by atoms with Gasteiger partial charge < -0.3 is 24.3 Å². The summed E-state index contributed by atoms with van der Waals surface area (Å²) in [7, 11) is 4.63. The van der Waals surface area contributed by atoms with E-state index in [9.17, 15) is 9.59 Å². The fourth-order valence-corrected chi connectivity index (χ4v) is 4.76. The molecule has 33 heavy (non-hydrogen) atoms. The molecule has 1 atom stereocenters. The number of ether oxygens (including phenoxy) is 4. The van der Waals surface area contributed by atoms with Crippen molar-refractivity contribution in [2.24, 2.45) is 5.41 Å². The van der Waals surface area contributed by atoms with Gasteiger partial charge in [0, 0.05) is 29.0 Å². The summed E-state index contributed by atoms with van der Waals surface area (Å²) < 4.78 is 22.4. The fraction of sp³-hybridized carbons (Fsp3) is 0.538. The molecule has 1 aliphatic carbocycles. The number of nitrogens with one attached hydrogen (secondary N) is 1. The Morgan fingerprint density at radius 1 is 1.09 bits per heavy atom. The van der Waals surface area contributed by atoms with Crippen LogP contribution >= 0.6 is 0 Å². The van der Waals surface area contributed by atoms with Crippen molar-refractivity contribution in [3.05, 3.63) is 40.2 Å². The van der Waals surface area contributed by atoms with Gasteiger partial charge in [0.2, 0.25) is 5.75 Å². The number of rotatable bonds is 8. The molecule has 1 N–H and O–H groups in total. The largest absolute Gasteiger partial charge is 0.493 e. The van der Waals surface area contributed by atoms with Gasteiger partial charge in [0.15, 0.2) is 17.3 Å². The van der Waals surface area contributed by atoms with Crippen molar-refractivity contribution >= 4 is 11.8 Å². The van der Waals surface area contributed by atoms with Gasteiger partial charge in [0.1, 0.15) is 0 Å². The molecule has 0 radical (unpaired) electrons. The van der Waals surface area contributed by atoms with Gasteiger partial charge >= 0.3 is 5.97 Å². The van der Waals surface area contributed by atoms with E-state index in [0.29, 0.717) is 59.1 Å². The van der Waals surface area contributed by atoms with Gasteiger partial charge in [-0.1, -0.05) is 33.3 Å². The number of hydrogen-bond donors (Lipinski definition) is 1. The lowest BCUT2D eigenvalue weighted by Crippen LogP contribution is -2.38. The van der Waals surface area contributed by atoms with Crippen molar-refractivity contribution in [3.8, 4) is 17.2 Å². The van der Waals surface area contributed by atoms with Crippen molar-refractivity contribution in [2.45, 2.75) is 59.3 Å². The Morgan fingerprint density at radius 2 is 1.79 bits per heavy atom. The highest BCUT2D eigenvalue weighted by Gasteiger charge is 2.44. The van der Waals surface area contributed by atoms with Gasteiger partial charge in [0.25, 0.3) is 0 Å². The molecule has 0 saturated carbocycles. The fourth-order valence-electron chi connectivity index (χ4n) is 4.76. The van der Waals surface area contributed by atoms with E-state index in [0.717, 1.165) is 18.5 Å². The van der Waals surface area contributed by atoms with Gasteiger partial charge in [-0.05, 0) is 31.2 Å². The lowest BCUT2D eigenvalue weighted by atomic mass is 9.68. The first-order chi connectivity index (χ1) is 15.7. The van der Waals surface area contributed by atoms with Crippen LogP contribution in [0.2, 0.25) is 0 Å². The molecule has 1 heterocycles. The first kappa shape index (κ1) is 24.7. The molecule has 0 saturated heterocycles. The van der Waals surface area contributed by atoms with Crippen LogP contribution in [0.1, 0.15) is 64.9 Å². The van der Waals surface area contributed by atoms with Crippen molar-refractivity contribution in [1.29, 1.82) is 0 Å². The number of unbranched alkanes of at least 4 members (excludes halogenated alkanes) is 1. The molecule has 0 aromatic heterocycles. The number of benzene rings is 1. The second kappa shape index (κ2) is 9.89. The zero-order chi connectivity index (χ0) is 24.3. The van der Waals surface area contributed by atoms with Crippen LogP contribution in [-0.2, 0) is 14.3 Å². The Kier molecular flexibility index (Phi) is 7.40. The first-order valence-corrected chi connectivity index (χ1v) is 11.4. The smallest absolute Gasteiger partial charge is 0.336 e. The normalized spacial score (nSPS) is 19.6. The standard InChI is InChI=1S/C26H35NO6/c1-8-9-12-33-25(29)20-15(2)27-17-13-26(3,4)14-18(28)22(17)21(20)16-10-11-19(30-5)24(32-7)23(16)31-6/h10-11,21,27H,8-9,12-14H2,1-7H3/t21-/m1/s1. The number of dihydropyridines is 1. The second-order valence-electron chi connectivity index (χ2n) is 9.34. The summed E-state index contributed by atoms with van der Waals surface area (Å²) in [5.41, 5.74) is 3.03. The molecule has 1 aromatic carbocycles. The molecule has 0 bridgehead atoms. The zero-order valence-electron chi connectivity index (χ0n) is 20.7. The van der Waals surface area contributed by atoms with Gasteiger partial charge in [-0.3, -0.25) is 4.79 Å². The van der Waals surface area contributed by atoms with Gasteiger partial charge in [-0.2, -0.15) is 0 Å². The third-order valence-electron chi connectivity index (χ3n) is 6.24. The van der Waals surface area contributed by atoms with Crippen LogP contribution in [0.3, 0.4) is 0 Å². The van der Waals surface area contributed by atoms with Crippen LogP contribution in [0.25, 0.3) is 0 Å². The van der Waals surface area contributed by atoms with Crippen molar-refractivity contribution < 1.29 is 28.5 Å². The van der Waals surface area contributed by atoms with E-state index in [1.165, 1.54) is 7.11 Å². The summed E-state index contributed by atoms with van der Waals surface area (Å²) in [4.78, 5) is 26.8. The molecule has 1 aromatic rings. The maximum absolute atomic E-state index is 13.5. The number of carbonyl (C=O) groups excluding carboxylic acids is 2. The summed E-state index contributed by atoms with van der Waals surface area (Å²) in [6.07, 6.45) is 2.79. The summed E-state index contributed by atoms with van der Waals surface area (Å²) in [6, 6.07) is 3.60. The van der Waals surface area contributed by atoms with Crippen LogP contribution in [0.5, 0.6) is 17.2 Å². The van der Waals surface area contributed by atoms with Gasteiger partial charge in [-0.15, -0.1) is 0 Å². The van der Waals surface area contributed by atoms with E-state index >= 15 is 0 Å². The average molecular weight is 458 g/mol. The number of Topliss-reactive ketones (excluding diaryl/α,β-unsaturated/α-hetero) is 1. The van der Waals surface area contributed by atoms with Crippen LogP contribution in [0, 0.1) is 5.41 Å². The first-order valence-electron chi connectivity index (χ1n) is 11.4. The maximum atomic E-state index is 13.5. The Morgan fingerprint density at radius 3 is 2.39 bits per heavy atom. The molecular formula is C26H35NO6. The summed E-state index contributed by atoms with van der Waals surface area (Å²) in [6.45, 7) is 8.38. The Balaban J connectivity index is 2.23.